The summed E-state index contributed by atoms with van der Waals surface area (Å²) in [4.78, 5) is 28.2. The van der Waals surface area contributed by atoms with E-state index in [1.165, 1.54) is 0 Å². The fraction of sp³-hybridized carbons (Fsp3) is 0.500. The first kappa shape index (κ1) is 15.9. The number of carbonyl (C=O) groups is 2. The first-order valence-corrected chi connectivity index (χ1v) is 7.64. The van der Waals surface area contributed by atoms with Crippen LogP contribution in [0.1, 0.15) is 19.4 Å². The highest BCUT2D eigenvalue weighted by Gasteiger charge is 2.44. The van der Waals surface area contributed by atoms with E-state index in [9.17, 15) is 9.59 Å². The first-order valence-electron chi connectivity index (χ1n) is 7.13. The molecule has 0 radical (unpaired) electrons. The number of likely N-dealkylation sites (N-methyl/N-ethyl adjacent to an activating group) is 1. The van der Waals surface area contributed by atoms with Crippen LogP contribution in [0.5, 0.6) is 0 Å². The van der Waals surface area contributed by atoms with Crippen LogP contribution in [0.2, 0.25) is 0 Å². The summed E-state index contributed by atoms with van der Waals surface area (Å²) in [6.45, 7) is 4.72. The van der Waals surface area contributed by atoms with Crippen molar-refractivity contribution in [2.24, 2.45) is 0 Å². The van der Waals surface area contributed by atoms with E-state index in [2.05, 4.69) is 12.6 Å². The van der Waals surface area contributed by atoms with Crippen LogP contribution < -0.4 is 0 Å². The molecule has 1 atom stereocenters. The smallest absolute Gasteiger partial charge is 0.247 e. The number of hydrogen-bond donors (Lipinski definition) is 1. The van der Waals surface area contributed by atoms with Gasteiger partial charge in [0, 0.05) is 20.1 Å². The molecule has 0 N–H and O–H groups in total. The second-order valence-electron chi connectivity index (χ2n) is 5.98. The Morgan fingerprint density at radius 2 is 1.90 bits per heavy atom. The zero-order valence-electron chi connectivity index (χ0n) is 12.7. The number of carbonyl (C=O) groups excluding carboxylic acids is 2. The minimum absolute atomic E-state index is 0.0256. The number of nitrogens with zero attached hydrogens (tertiary/aromatic N) is 2. The molecule has 1 aromatic rings. The maximum atomic E-state index is 12.6. The van der Waals surface area contributed by atoms with Gasteiger partial charge in [0.2, 0.25) is 11.8 Å². The molecule has 2 rings (SSSR count). The molecule has 1 heterocycles. The Balaban J connectivity index is 2.10. The van der Waals surface area contributed by atoms with Crippen molar-refractivity contribution in [3.8, 4) is 0 Å². The molecule has 0 spiro atoms. The summed E-state index contributed by atoms with van der Waals surface area (Å²) in [6, 6.07) is 9.81. The molecular formula is C16H22N2O2S. The topological polar surface area (TPSA) is 40.6 Å². The van der Waals surface area contributed by atoms with Crippen LogP contribution in [0.15, 0.2) is 30.3 Å². The summed E-state index contributed by atoms with van der Waals surface area (Å²) in [5, 5.41) is -0.428. The van der Waals surface area contributed by atoms with Gasteiger partial charge in [-0.1, -0.05) is 30.3 Å². The average Bonchev–Trinajstić information content (AvgIpc) is 2.45. The lowest BCUT2D eigenvalue weighted by Gasteiger charge is -2.45. The van der Waals surface area contributed by atoms with E-state index >= 15 is 0 Å². The Kier molecular flexibility index (Phi) is 4.61. The lowest BCUT2D eigenvalue weighted by molar-refractivity contribution is -0.156. The molecule has 21 heavy (non-hydrogen) atoms. The molecule has 1 aromatic carbocycles. The summed E-state index contributed by atoms with van der Waals surface area (Å²) in [5.74, 6) is -0.101. The molecule has 0 saturated carbocycles. The Hall–Kier alpha value is -1.49. The predicted molar refractivity (Wildman–Crippen MR) is 86.3 cm³/mol. The third kappa shape index (κ3) is 3.23. The molecular weight excluding hydrogens is 284 g/mol. The normalized spacial score (nSPS) is 19.5. The minimum atomic E-state index is -0.804. The third-order valence-corrected chi connectivity index (χ3v) is 4.43. The van der Waals surface area contributed by atoms with Gasteiger partial charge in [0.05, 0.1) is 5.25 Å². The van der Waals surface area contributed by atoms with Crippen molar-refractivity contribution in [3.05, 3.63) is 35.9 Å². The predicted octanol–water partition coefficient (Wildman–Crippen LogP) is 1.61. The van der Waals surface area contributed by atoms with Gasteiger partial charge in [-0.3, -0.25) is 9.59 Å². The maximum absolute atomic E-state index is 12.6. The number of thiol groups is 1. The number of piperazine rings is 1. The molecule has 0 aromatic heterocycles. The summed E-state index contributed by atoms with van der Waals surface area (Å²) in [7, 11) is 1.77. The fourth-order valence-electron chi connectivity index (χ4n) is 2.70. The van der Waals surface area contributed by atoms with E-state index in [-0.39, 0.29) is 11.8 Å². The molecule has 114 valence electrons. The zero-order chi connectivity index (χ0) is 15.6. The Bertz CT molecular complexity index is 530. The SMILES string of the molecule is CN1CCN(C(=O)C(S)Cc2ccccc2)C(C)(C)C1=O. The summed E-state index contributed by atoms with van der Waals surface area (Å²) < 4.78 is 0. The van der Waals surface area contributed by atoms with Crippen molar-refractivity contribution in [1.29, 1.82) is 0 Å². The van der Waals surface area contributed by atoms with E-state index in [4.69, 9.17) is 0 Å². The molecule has 1 unspecified atom stereocenters. The molecule has 5 heteroatoms. The number of rotatable bonds is 3. The molecule has 2 amide bonds. The molecule has 0 aliphatic carbocycles. The Morgan fingerprint density at radius 3 is 2.52 bits per heavy atom. The average molecular weight is 306 g/mol. The second kappa shape index (κ2) is 6.10. The van der Waals surface area contributed by atoms with Gasteiger partial charge in [-0.15, -0.1) is 0 Å². The second-order valence-corrected chi connectivity index (χ2v) is 6.60. The van der Waals surface area contributed by atoms with Gasteiger partial charge in [-0.05, 0) is 25.8 Å². The van der Waals surface area contributed by atoms with E-state index < -0.39 is 10.8 Å². The lowest BCUT2D eigenvalue weighted by atomic mass is 9.96. The molecule has 1 fully saturated rings. The summed E-state index contributed by atoms with van der Waals surface area (Å²) >= 11 is 4.46. The van der Waals surface area contributed by atoms with Crippen LogP contribution in [-0.4, -0.2) is 52.5 Å². The highest BCUT2D eigenvalue weighted by atomic mass is 32.1. The van der Waals surface area contributed by atoms with Gasteiger partial charge in [0.25, 0.3) is 0 Å². The van der Waals surface area contributed by atoms with Crippen molar-refractivity contribution in [2.75, 3.05) is 20.1 Å². The fourth-order valence-corrected chi connectivity index (χ4v) is 3.05. The zero-order valence-corrected chi connectivity index (χ0v) is 13.6. The summed E-state index contributed by atoms with van der Waals surface area (Å²) in [6.07, 6.45) is 0.569. The van der Waals surface area contributed by atoms with Crippen LogP contribution in [0.4, 0.5) is 0 Å². The Morgan fingerprint density at radius 1 is 1.29 bits per heavy atom. The molecule has 4 nitrogen and oxygen atoms in total. The summed E-state index contributed by atoms with van der Waals surface area (Å²) in [5.41, 5.74) is 0.269. The van der Waals surface area contributed by atoms with Crippen LogP contribution in [0, 0.1) is 0 Å². The quantitative estimate of drug-likeness (QED) is 0.862. The number of benzene rings is 1. The van der Waals surface area contributed by atoms with Gasteiger partial charge >= 0.3 is 0 Å². The standard InChI is InChI=1S/C16H22N2O2S/c1-16(2)15(20)17(3)9-10-18(16)14(19)13(21)11-12-7-5-4-6-8-12/h4-8,13,21H,9-11H2,1-3H3. The number of hydrogen-bond acceptors (Lipinski definition) is 3. The molecule has 1 aliphatic heterocycles. The highest BCUT2D eigenvalue weighted by Crippen LogP contribution is 2.24. The highest BCUT2D eigenvalue weighted by molar-refractivity contribution is 7.81. The van der Waals surface area contributed by atoms with Crippen molar-refractivity contribution in [1.82, 2.24) is 9.80 Å². The maximum Gasteiger partial charge on any atom is 0.247 e. The molecule has 0 bridgehead atoms. The van der Waals surface area contributed by atoms with Crippen molar-refractivity contribution in [3.63, 3.8) is 0 Å². The van der Waals surface area contributed by atoms with E-state index in [1.54, 1.807) is 30.7 Å². The molecule has 1 aliphatic rings. The van der Waals surface area contributed by atoms with Crippen LogP contribution in [0.3, 0.4) is 0 Å². The van der Waals surface area contributed by atoms with Gasteiger partial charge in [-0.2, -0.15) is 12.6 Å². The third-order valence-electron chi connectivity index (χ3n) is 4.03. The minimum Gasteiger partial charge on any atom is -0.342 e. The van der Waals surface area contributed by atoms with E-state index in [1.807, 2.05) is 30.3 Å². The van der Waals surface area contributed by atoms with Crippen LogP contribution in [0.25, 0.3) is 0 Å². The van der Waals surface area contributed by atoms with Gasteiger partial charge in [0.15, 0.2) is 0 Å². The number of amides is 2. The van der Waals surface area contributed by atoms with Gasteiger partial charge in [0.1, 0.15) is 5.54 Å². The van der Waals surface area contributed by atoms with Crippen molar-refractivity contribution in [2.45, 2.75) is 31.1 Å². The lowest BCUT2D eigenvalue weighted by Crippen LogP contribution is -2.64. The van der Waals surface area contributed by atoms with Crippen molar-refractivity contribution < 1.29 is 9.59 Å². The monoisotopic (exact) mass is 306 g/mol. The van der Waals surface area contributed by atoms with E-state index in [0.717, 1.165) is 5.56 Å². The van der Waals surface area contributed by atoms with Gasteiger partial charge < -0.3 is 9.80 Å². The first-order chi connectivity index (χ1) is 9.84. The van der Waals surface area contributed by atoms with Crippen LogP contribution >= 0.6 is 12.6 Å². The van der Waals surface area contributed by atoms with Gasteiger partial charge in [-0.25, -0.2) is 0 Å². The largest absolute Gasteiger partial charge is 0.342 e. The van der Waals surface area contributed by atoms with Crippen LogP contribution in [-0.2, 0) is 16.0 Å². The molecule has 1 saturated heterocycles. The van der Waals surface area contributed by atoms with E-state index in [0.29, 0.717) is 19.5 Å². The van der Waals surface area contributed by atoms with Crippen molar-refractivity contribution >= 4 is 24.4 Å². The Labute approximate surface area is 131 Å².